The Morgan fingerprint density at radius 1 is 1.07 bits per heavy atom. The van der Waals surface area contributed by atoms with E-state index in [9.17, 15) is 4.79 Å². The molecule has 1 heterocycles. The zero-order valence-corrected chi connectivity index (χ0v) is 17.0. The molecule has 1 amide bonds. The molecular formula is C22H16ClN3O2S. The van der Waals surface area contributed by atoms with Gasteiger partial charge in [-0.05, 0) is 61.6 Å². The highest BCUT2D eigenvalue weighted by atomic mass is 35.5. The van der Waals surface area contributed by atoms with Crippen molar-refractivity contribution in [3.8, 4) is 11.5 Å². The summed E-state index contributed by atoms with van der Waals surface area (Å²) in [4.78, 5) is 16.9. The van der Waals surface area contributed by atoms with Crippen LogP contribution in [0.1, 0.15) is 15.9 Å². The quantitative estimate of drug-likeness (QED) is 0.422. The summed E-state index contributed by atoms with van der Waals surface area (Å²) in [5, 5.41) is 6.14. The molecule has 2 N–H and O–H groups in total. The van der Waals surface area contributed by atoms with Gasteiger partial charge in [-0.1, -0.05) is 41.4 Å². The molecule has 0 aliphatic heterocycles. The van der Waals surface area contributed by atoms with Gasteiger partial charge < -0.3 is 9.73 Å². The number of halogens is 1. The van der Waals surface area contributed by atoms with Crippen molar-refractivity contribution in [1.82, 2.24) is 10.3 Å². The molecular weight excluding hydrogens is 406 g/mol. The first-order valence-corrected chi connectivity index (χ1v) is 9.63. The van der Waals surface area contributed by atoms with E-state index in [2.05, 4.69) is 15.6 Å². The Morgan fingerprint density at radius 2 is 1.90 bits per heavy atom. The van der Waals surface area contributed by atoms with Gasteiger partial charge in [-0.25, -0.2) is 4.98 Å². The Balaban J connectivity index is 1.50. The van der Waals surface area contributed by atoms with Gasteiger partial charge in [0.15, 0.2) is 10.7 Å². The number of rotatable bonds is 3. The summed E-state index contributed by atoms with van der Waals surface area (Å²) >= 11 is 11.3. The molecule has 4 rings (SSSR count). The van der Waals surface area contributed by atoms with Crippen molar-refractivity contribution in [3.05, 3.63) is 82.9 Å². The van der Waals surface area contributed by atoms with Crippen molar-refractivity contribution >= 4 is 51.6 Å². The highest BCUT2D eigenvalue weighted by molar-refractivity contribution is 7.80. The van der Waals surface area contributed by atoms with Crippen LogP contribution in [0.3, 0.4) is 0 Å². The number of carbonyl (C=O) groups excluding carboxylic acids is 1. The van der Waals surface area contributed by atoms with Gasteiger partial charge in [0.1, 0.15) is 5.52 Å². The highest BCUT2D eigenvalue weighted by Crippen LogP contribution is 2.26. The summed E-state index contributed by atoms with van der Waals surface area (Å²) in [7, 11) is 0. The molecule has 144 valence electrons. The molecule has 0 bridgehead atoms. The number of aromatic nitrogens is 1. The van der Waals surface area contributed by atoms with Crippen LogP contribution in [0.25, 0.3) is 22.6 Å². The van der Waals surface area contributed by atoms with Gasteiger partial charge in [-0.15, -0.1) is 0 Å². The van der Waals surface area contributed by atoms with E-state index >= 15 is 0 Å². The molecule has 1 aromatic heterocycles. The fourth-order valence-electron chi connectivity index (χ4n) is 2.88. The third-order valence-electron chi connectivity index (χ3n) is 4.26. The number of aryl methyl sites for hydroxylation is 1. The largest absolute Gasteiger partial charge is 0.436 e. The molecule has 7 heteroatoms. The van der Waals surface area contributed by atoms with Gasteiger partial charge in [-0.2, -0.15) is 0 Å². The number of hydrogen-bond acceptors (Lipinski definition) is 4. The van der Waals surface area contributed by atoms with E-state index in [0.717, 1.165) is 11.1 Å². The van der Waals surface area contributed by atoms with E-state index in [1.165, 1.54) is 0 Å². The number of benzene rings is 3. The Kier molecular flexibility index (Phi) is 5.29. The van der Waals surface area contributed by atoms with E-state index in [1.807, 2.05) is 49.4 Å². The second-order valence-electron chi connectivity index (χ2n) is 6.46. The van der Waals surface area contributed by atoms with Crippen LogP contribution < -0.4 is 10.6 Å². The fraction of sp³-hybridized carbons (Fsp3) is 0.0455. The molecule has 5 nitrogen and oxygen atoms in total. The van der Waals surface area contributed by atoms with E-state index < -0.39 is 0 Å². The molecule has 0 radical (unpaired) electrons. The van der Waals surface area contributed by atoms with Crippen molar-refractivity contribution in [2.24, 2.45) is 0 Å². The zero-order valence-electron chi connectivity index (χ0n) is 15.4. The number of anilines is 1. The average Bonchev–Trinajstić information content (AvgIpc) is 3.11. The van der Waals surface area contributed by atoms with Gasteiger partial charge >= 0.3 is 0 Å². The van der Waals surface area contributed by atoms with E-state index in [0.29, 0.717) is 33.3 Å². The van der Waals surface area contributed by atoms with Crippen LogP contribution in [-0.4, -0.2) is 16.0 Å². The average molecular weight is 422 g/mol. The number of fused-ring (bicyclic) bond motifs is 1. The zero-order chi connectivity index (χ0) is 20.4. The minimum atomic E-state index is -0.377. The van der Waals surface area contributed by atoms with Gasteiger partial charge in [0.05, 0.1) is 10.6 Å². The van der Waals surface area contributed by atoms with Gasteiger partial charge in [0.2, 0.25) is 5.89 Å². The second kappa shape index (κ2) is 8.03. The standard InChI is InChI=1S/C22H16ClN3O2S/c1-13-5-4-6-14(11-13)21-25-18-12-15(9-10-19(18)28-21)24-22(29)26-20(27)16-7-2-3-8-17(16)23/h2-12H,1H3,(H2,24,26,27,29). The topological polar surface area (TPSA) is 67.2 Å². The SMILES string of the molecule is Cc1cccc(-c2nc3cc(NC(=S)NC(=O)c4ccccc4Cl)ccc3o2)c1. The number of carbonyl (C=O) groups is 1. The molecule has 0 unspecified atom stereocenters. The minimum absolute atomic E-state index is 0.164. The summed E-state index contributed by atoms with van der Waals surface area (Å²) in [5.74, 6) is 0.174. The maximum atomic E-state index is 12.3. The molecule has 0 saturated carbocycles. The van der Waals surface area contributed by atoms with E-state index in [4.69, 9.17) is 28.2 Å². The minimum Gasteiger partial charge on any atom is -0.436 e. The second-order valence-corrected chi connectivity index (χ2v) is 7.27. The molecule has 0 fully saturated rings. The van der Waals surface area contributed by atoms with Crippen molar-refractivity contribution in [2.45, 2.75) is 6.92 Å². The van der Waals surface area contributed by atoms with Crippen LogP contribution in [0.2, 0.25) is 5.02 Å². The van der Waals surface area contributed by atoms with E-state index in [1.54, 1.807) is 24.3 Å². The summed E-state index contributed by atoms with van der Waals surface area (Å²) in [5.41, 5.74) is 4.44. The van der Waals surface area contributed by atoms with E-state index in [-0.39, 0.29) is 11.0 Å². The van der Waals surface area contributed by atoms with Crippen LogP contribution in [0.4, 0.5) is 5.69 Å². The van der Waals surface area contributed by atoms with Crippen LogP contribution >= 0.6 is 23.8 Å². The lowest BCUT2D eigenvalue weighted by atomic mass is 10.1. The fourth-order valence-corrected chi connectivity index (χ4v) is 3.32. The van der Waals surface area contributed by atoms with Gasteiger partial charge in [-0.3, -0.25) is 10.1 Å². The van der Waals surface area contributed by atoms with Gasteiger partial charge in [0.25, 0.3) is 5.91 Å². The molecule has 4 aromatic rings. The Bertz CT molecular complexity index is 1240. The number of amides is 1. The van der Waals surface area contributed by atoms with Crippen molar-refractivity contribution < 1.29 is 9.21 Å². The summed E-state index contributed by atoms with van der Waals surface area (Å²) in [6, 6.07) is 20.2. The number of nitrogens with zero attached hydrogens (tertiary/aromatic N) is 1. The molecule has 0 atom stereocenters. The Hall–Kier alpha value is -3.22. The first kappa shape index (κ1) is 19.1. The monoisotopic (exact) mass is 421 g/mol. The van der Waals surface area contributed by atoms with Gasteiger partial charge in [0, 0.05) is 11.3 Å². The molecule has 0 spiro atoms. The lowest BCUT2D eigenvalue weighted by Crippen LogP contribution is -2.34. The maximum Gasteiger partial charge on any atom is 0.258 e. The number of nitrogens with one attached hydrogen (secondary N) is 2. The predicted octanol–water partition coefficient (Wildman–Crippen LogP) is 5.58. The smallest absolute Gasteiger partial charge is 0.258 e. The lowest BCUT2D eigenvalue weighted by Gasteiger charge is -2.10. The Morgan fingerprint density at radius 3 is 2.69 bits per heavy atom. The van der Waals surface area contributed by atoms with Crippen molar-refractivity contribution in [2.75, 3.05) is 5.32 Å². The molecule has 3 aromatic carbocycles. The normalized spacial score (nSPS) is 10.7. The van der Waals surface area contributed by atoms with Crippen LogP contribution in [0.15, 0.2) is 71.1 Å². The summed E-state index contributed by atoms with van der Waals surface area (Å²) < 4.78 is 5.85. The van der Waals surface area contributed by atoms with Crippen molar-refractivity contribution in [1.29, 1.82) is 0 Å². The van der Waals surface area contributed by atoms with Crippen LogP contribution in [0, 0.1) is 6.92 Å². The van der Waals surface area contributed by atoms with Crippen molar-refractivity contribution in [3.63, 3.8) is 0 Å². The number of hydrogen-bond donors (Lipinski definition) is 2. The molecule has 0 aliphatic carbocycles. The maximum absolute atomic E-state index is 12.3. The third-order valence-corrected chi connectivity index (χ3v) is 4.79. The van der Waals surface area contributed by atoms with Crippen LogP contribution in [0.5, 0.6) is 0 Å². The number of oxazole rings is 1. The first-order chi connectivity index (χ1) is 14.0. The highest BCUT2D eigenvalue weighted by Gasteiger charge is 2.13. The predicted molar refractivity (Wildman–Crippen MR) is 119 cm³/mol. The lowest BCUT2D eigenvalue weighted by molar-refractivity contribution is 0.0978. The third kappa shape index (κ3) is 4.29. The molecule has 29 heavy (non-hydrogen) atoms. The number of thiocarbonyl (C=S) groups is 1. The molecule has 0 saturated heterocycles. The molecule has 0 aliphatic rings. The van der Waals surface area contributed by atoms with Crippen LogP contribution in [-0.2, 0) is 0 Å². The summed E-state index contributed by atoms with van der Waals surface area (Å²) in [6.07, 6.45) is 0. The Labute approximate surface area is 177 Å². The first-order valence-electron chi connectivity index (χ1n) is 8.84. The summed E-state index contributed by atoms with van der Waals surface area (Å²) in [6.45, 7) is 2.02.